The Hall–Kier alpha value is -2.69. The molecule has 0 unspecified atom stereocenters. The number of rotatable bonds is 5. The third-order valence-electron chi connectivity index (χ3n) is 3.61. The normalized spacial score (nSPS) is 10.3. The fraction of sp³-hybridized carbons (Fsp3) is 0.235. The molecule has 1 heterocycles. The number of esters is 1. The zero-order valence-corrected chi connectivity index (χ0v) is 12.8. The van der Waals surface area contributed by atoms with Crippen molar-refractivity contribution in [1.82, 2.24) is 4.57 Å². The van der Waals surface area contributed by atoms with Crippen molar-refractivity contribution in [2.45, 2.75) is 20.8 Å². The van der Waals surface area contributed by atoms with Crippen molar-refractivity contribution in [2.24, 2.45) is 0 Å². The molecule has 2 rings (SSSR count). The predicted octanol–water partition coefficient (Wildman–Crippen LogP) is 2.90. The molecule has 2 aromatic rings. The van der Waals surface area contributed by atoms with Gasteiger partial charge >= 0.3 is 5.97 Å². The van der Waals surface area contributed by atoms with Crippen LogP contribution in [0.5, 0.6) is 0 Å². The van der Waals surface area contributed by atoms with Crippen LogP contribution in [0.2, 0.25) is 0 Å². The maximum absolute atomic E-state index is 11.7. The molecule has 0 radical (unpaired) electrons. The minimum absolute atomic E-state index is 0.321. The molecule has 0 N–H and O–H groups in total. The van der Waals surface area contributed by atoms with Crippen LogP contribution >= 0.6 is 0 Å². The highest BCUT2D eigenvalue weighted by Gasteiger charge is 2.18. The lowest BCUT2D eigenvalue weighted by atomic mass is 10.1. The van der Waals surface area contributed by atoms with Gasteiger partial charge in [0.25, 0.3) is 0 Å². The molecule has 0 aliphatic rings. The van der Waals surface area contributed by atoms with E-state index in [-0.39, 0.29) is 5.97 Å². The molecule has 0 bridgehead atoms. The molecule has 22 heavy (non-hydrogen) atoms. The lowest BCUT2D eigenvalue weighted by Crippen LogP contribution is -2.05. The average molecular weight is 299 g/mol. The maximum atomic E-state index is 11.7. The first kappa shape index (κ1) is 15.7. The van der Waals surface area contributed by atoms with Gasteiger partial charge in [-0.1, -0.05) is 0 Å². The van der Waals surface area contributed by atoms with Crippen LogP contribution in [0.1, 0.15) is 49.4 Å². The second kappa shape index (κ2) is 6.39. The van der Waals surface area contributed by atoms with Crippen molar-refractivity contribution in [2.75, 3.05) is 6.61 Å². The highest BCUT2D eigenvalue weighted by atomic mass is 16.5. The first-order valence-corrected chi connectivity index (χ1v) is 6.94. The minimum atomic E-state index is -0.378. The standard InChI is InChI=1S/C17H17NO4/c1-4-22-17(21)13-5-7-14(8-6-13)18-11(2)15(9-19)16(10-20)12(18)3/h5-10H,4H2,1-3H3. The second-order valence-electron chi connectivity index (χ2n) is 4.84. The van der Waals surface area contributed by atoms with E-state index in [4.69, 9.17) is 4.74 Å². The van der Waals surface area contributed by atoms with Crippen molar-refractivity contribution in [3.63, 3.8) is 0 Å². The fourth-order valence-corrected chi connectivity index (χ4v) is 2.53. The Morgan fingerprint density at radius 3 is 1.95 bits per heavy atom. The van der Waals surface area contributed by atoms with E-state index in [0.717, 1.165) is 5.69 Å². The van der Waals surface area contributed by atoms with Gasteiger partial charge in [0, 0.05) is 28.2 Å². The molecule has 0 saturated heterocycles. The molecule has 1 aromatic heterocycles. The van der Waals surface area contributed by atoms with Gasteiger partial charge in [-0.15, -0.1) is 0 Å². The molecule has 5 nitrogen and oxygen atoms in total. The van der Waals surface area contributed by atoms with E-state index in [9.17, 15) is 14.4 Å². The van der Waals surface area contributed by atoms with Gasteiger partial charge in [0.1, 0.15) is 0 Å². The number of aromatic nitrogens is 1. The fourth-order valence-electron chi connectivity index (χ4n) is 2.53. The van der Waals surface area contributed by atoms with Gasteiger partial charge in [0.15, 0.2) is 12.6 Å². The summed E-state index contributed by atoms with van der Waals surface area (Å²) in [5, 5.41) is 0. The Morgan fingerprint density at radius 2 is 1.55 bits per heavy atom. The molecular weight excluding hydrogens is 282 g/mol. The van der Waals surface area contributed by atoms with Gasteiger partial charge in [0.05, 0.1) is 12.2 Å². The van der Waals surface area contributed by atoms with Crippen LogP contribution in [0, 0.1) is 13.8 Å². The number of nitrogens with zero attached hydrogens (tertiary/aromatic N) is 1. The van der Waals surface area contributed by atoms with E-state index in [2.05, 4.69) is 0 Å². The number of carbonyl (C=O) groups is 3. The highest BCUT2D eigenvalue weighted by molar-refractivity contribution is 5.93. The number of carbonyl (C=O) groups excluding carboxylic acids is 3. The van der Waals surface area contributed by atoms with Gasteiger partial charge in [-0.05, 0) is 45.0 Å². The lowest BCUT2D eigenvalue weighted by molar-refractivity contribution is 0.0526. The van der Waals surface area contributed by atoms with Gasteiger partial charge in [0.2, 0.25) is 0 Å². The summed E-state index contributed by atoms with van der Waals surface area (Å²) in [6, 6.07) is 6.84. The van der Waals surface area contributed by atoms with Crippen LogP contribution in [0.15, 0.2) is 24.3 Å². The van der Waals surface area contributed by atoms with E-state index in [1.165, 1.54) is 0 Å². The molecule has 0 spiro atoms. The van der Waals surface area contributed by atoms with Crippen LogP contribution in [0.4, 0.5) is 0 Å². The Labute approximate surface area is 128 Å². The Morgan fingerprint density at radius 1 is 1.05 bits per heavy atom. The van der Waals surface area contributed by atoms with Crippen LogP contribution in [0.3, 0.4) is 0 Å². The molecule has 0 aliphatic carbocycles. The summed E-state index contributed by atoms with van der Waals surface area (Å²) >= 11 is 0. The van der Waals surface area contributed by atoms with Crippen molar-refractivity contribution >= 4 is 18.5 Å². The Balaban J connectivity index is 2.49. The summed E-state index contributed by atoms with van der Waals surface area (Å²) in [7, 11) is 0. The SMILES string of the molecule is CCOC(=O)c1ccc(-n2c(C)c(C=O)c(C=O)c2C)cc1. The molecule has 5 heteroatoms. The molecular formula is C17H17NO4. The predicted molar refractivity (Wildman–Crippen MR) is 82.0 cm³/mol. The van der Waals surface area contributed by atoms with Crippen LogP contribution in [-0.4, -0.2) is 29.7 Å². The molecule has 0 atom stereocenters. The van der Waals surface area contributed by atoms with Crippen molar-refractivity contribution in [1.29, 1.82) is 0 Å². The van der Waals surface area contributed by atoms with E-state index in [1.807, 2.05) is 4.57 Å². The first-order valence-electron chi connectivity index (χ1n) is 6.94. The van der Waals surface area contributed by atoms with Crippen molar-refractivity contribution in [3.8, 4) is 5.69 Å². The third kappa shape index (κ3) is 2.57. The molecule has 0 aliphatic heterocycles. The highest BCUT2D eigenvalue weighted by Crippen LogP contribution is 2.24. The molecule has 0 fully saturated rings. The van der Waals surface area contributed by atoms with E-state index >= 15 is 0 Å². The summed E-state index contributed by atoms with van der Waals surface area (Å²) in [6.45, 7) is 5.63. The largest absolute Gasteiger partial charge is 0.462 e. The molecule has 0 saturated carbocycles. The van der Waals surface area contributed by atoms with Crippen molar-refractivity contribution < 1.29 is 19.1 Å². The third-order valence-corrected chi connectivity index (χ3v) is 3.61. The smallest absolute Gasteiger partial charge is 0.338 e. The molecule has 0 amide bonds. The minimum Gasteiger partial charge on any atom is -0.462 e. The topological polar surface area (TPSA) is 65.4 Å². The number of hydrogen-bond acceptors (Lipinski definition) is 4. The first-order chi connectivity index (χ1) is 10.5. The summed E-state index contributed by atoms with van der Waals surface area (Å²) in [5.41, 5.74) is 3.40. The van der Waals surface area contributed by atoms with E-state index in [0.29, 0.717) is 47.3 Å². The zero-order chi connectivity index (χ0) is 16.3. The maximum Gasteiger partial charge on any atom is 0.338 e. The second-order valence-corrected chi connectivity index (χ2v) is 4.84. The van der Waals surface area contributed by atoms with Gasteiger partial charge < -0.3 is 9.30 Å². The quantitative estimate of drug-likeness (QED) is 0.629. The van der Waals surface area contributed by atoms with Gasteiger partial charge in [-0.3, -0.25) is 9.59 Å². The number of benzene rings is 1. The van der Waals surface area contributed by atoms with E-state index < -0.39 is 0 Å². The lowest BCUT2D eigenvalue weighted by Gasteiger charge is -2.10. The van der Waals surface area contributed by atoms with E-state index in [1.54, 1.807) is 45.0 Å². The van der Waals surface area contributed by atoms with Gasteiger partial charge in [-0.2, -0.15) is 0 Å². The monoisotopic (exact) mass is 299 g/mol. The van der Waals surface area contributed by atoms with Crippen LogP contribution in [0.25, 0.3) is 5.69 Å². The summed E-state index contributed by atoms with van der Waals surface area (Å²) < 4.78 is 6.76. The Bertz CT molecular complexity index is 695. The van der Waals surface area contributed by atoms with Crippen LogP contribution < -0.4 is 0 Å². The Kier molecular flexibility index (Phi) is 4.56. The van der Waals surface area contributed by atoms with Crippen molar-refractivity contribution in [3.05, 3.63) is 52.3 Å². The number of aldehydes is 2. The average Bonchev–Trinajstić information content (AvgIpc) is 2.77. The number of ether oxygens (including phenoxy) is 1. The summed E-state index contributed by atoms with van der Waals surface area (Å²) in [5.74, 6) is -0.378. The molecule has 1 aromatic carbocycles. The zero-order valence-electron chi connectivity index (χ0n) is 12.8. The van der Waals surface area contributed by atoms with Gasteiger partial charge in [-0.25, -0.2) is 4.79 Å². The summed E-state index contributed by atoms with van der Waals surface area (Å²) in [4.78, 5) is 34.0. The summed E-state index contributed by atoms with van der Waals surface area (Å²) in [6.07, 6.45) is 1.38. The van der Waals surface area contributed by atoms with Crippen LogP contribution in [-0.2, 0) is 4.74 Å². The molecule has 114 valence electrons. The number of hydrogen-bond donors (Lipinski definition) is 0.